The van der Waals surface area contributed by atoms with Crippen LogP contribution in [0.1, 0.15) is 23.5 Å². The monoisotopic (exact) mass is 333 g/mol. The molecule has 2 aromatic carbocycles. The van der Waals surface area contributed by atoms with Crippen molar-refractivity contribution in [3.8, 4) is 0 Å². The highest BCUT2D eigenvalue weighted by molar-refractivity contribution is 6.31. The Morgan fingerprint density at radius 3 is 2.30 bits per heavy atom. The Morgan fingerprint density at radius 1 is 1.13 bits per heavy atom. The maximum absolute atomic E-state index is 11.6. The molecule has 1 N–H and O–H groups in total. The van der Waals surface area contributed by atoms with Crippen molar-refractivity contribution in [3.63, 3.8) is 0 Å². The second-order valence-corrected chi connectivity index (χ2v) is 5.67. The van der Waals surface area contributed by atoms with Crippen molar-refractivity contribution in [2.75, 3.05) is 0 Å². The van der Waals surface area contributed by atoms with Crippen LogP contribution in [0.2, 0.25) is 5.02 Å². The zero-order valence-electron chi connectivity index (χ0n) is 12.3. The van der Waals surface area contributed by atoms with Crippen LogP contribution in [0.15, 0.2) is 54.6 Å². The number of rotatable bonds is 7. The molecule has 0 bridgehead atoms. The summed E-state index contributed by atoms with van der Waals surface area (Å²) in [7, 11) is 0. The predicted octanol–water partition coefficient (Wildman–Crippen LogP) is 3.79. The van der Waals surface area contributed by atoms with Gasteiger partial charge in [0.15, 0.2) is 0 Å². The minimum Gasteiger partial charge on any atom is -0.481 e. The van der Waals surface area contributed by atoms with Gasteiger partial charge in [-0.3, -0.25) is 14.9 Å². The molecule has 2 unspecified atom stereocenters. The number of hydrogen-bond acceptors (Lipinski definition) is 3. The quantitative estimate of drug-likeness (QED) is 0.617. The molecule has 0 aliphatic heterocycles. The SMILES string of the molecule is O=C(O)CC(c1ccccc1)C(Cc1ccccc1Cl)[N+](=O)[O-]. The summed E-state index contributed by atoms with van der Waals surface area (Å²) in [4.78, 5) is 22.3. The van der Waals surface area contributed by atoms with Crippen LogP contribution in [0.3, 0.4) is 0 Å². The van der Waals surface area contributed by atoms with Crippen molar-refractivity contribution in [1.29, 1.82) is 0 Å². The topological polar surface area (TPSA) is 80.4 Å². The summed E-state index contributed by atoms with van der Waals surface area (Å²) >= 11 is 6.09. The van der Waals surface area contributed by atoms with E-state index in [1.807, 2.05) is 0 Å². The Kier molecular flexibility index (Phi) is 5.71. The van der Waals surface area contributed by atoms with Gasteiger partial charge < -0.3 is 5.11 Å². The van der Waals surface area contributed by atoms with Gasteiger partial charge in [0, 0.05) is 16.4 Å². The Labute approximate surface area is 138 Å². The van der Waals surface area contributed by atoms with Gasteiger partial charge in [0.05, 0.1) is 12.3 Å². The fourth-order valence-electron chi connectivity index (χ4n) is 2.62. The van der Waals surface area contributed by atoms with Crippen LogP contribution in [0.4, 0.5) is 0 Å². The molecule has 120 valence electrons. The highest BCUT2D eigenvalue weighted by atomic mass is 35.5. The molecule has 0 aliphatic rings. The van der Waals surface area contributed by atoms with Crippen molar-refractivity contribution >= 4 is 17.6 Å². The van der Waals surface area contributed by atoms with Crippen molar-refractivity contribution in [1.82, 2.24) is 0 Å². The van der Waals surface area contributed by atoms with E-state index in [-0.39, 0.29) is 12.8 Å². The van der Waals surface area contributed by atoms with Gasteiger partial charge in [0.25, 0.3) is 0 Å². The minimum atomic E-state index is -1.06. The molecule has 0 radical (unpaired) electrons. The number of carboxylic acid groups (broad SMARTS) is 1. The lowest BCUT2D eigenvalue weighted by molar-refractivity contribution is -0.526. The number of nitro groups is 1. The van der Waals surface area contributed by atoms with Crippen LogP contribution >= 0.6 is 11.6 Å². The molecule has 0 saturated heterocycles. The highest BCUT2D eigenvalue weighted by Gasteiger charge is 2.35. The van der Waals surface area contributed by atoms with Gasteiger partial charge in [0.2, 0.25) is 6.04 Å². The van der Waals surface area contributed by atoms with Gasteiger partial charge in [-0.05, 0) is 17.2 Å². The summed E-state index contributed by atoms with van der Waals surface area (Å²) in [5.41, 5.74) is 1.28. The fraction of sp³-hybridized carbons (Fsp3) is 0.235. The molecule has 0 aromatic heterocycles. The first-order valence-electron chi connectivity index (χ1n) is 7.12. The summed E-state index contributed by atoms with van der Waals surface area (Å²) in [6, 6.07) is 14.6. The van der Waals surface area contributed by atoms with E-state index in [9.17, 15) is 14.9 Å². The predicted molar refractivity (Wildman–Crippen MR) is 87.4 cm³/mol. The number of carbonyl (C=O) groups is 1. The van der Waals surface area contributed by atoms with Gasteiger partial charge in [-0.2, -0.15) is 0 Å². The van der Waals surface area contributed by atoms with Crippen molar-refractivity contribution in [3.05, 3.63) is 80.9 Å². The van der Waals surface area contributed by atoms with E-state index in [4.69, 9.17) is 16.7 Å². The summed E-state index contributed by atoms with van der Waals surface area (Å²) in [5.74, 6) is -1.79. The average molecular weight is 334 g/mol. The molecule has 0 amide bonds. The molecule has 6 heteroatoms. The number of aliphatic carboxylic acids is 1. The van der Waals surface area contributed by atoms with E-state index in [1.54, 1.807) is 54.6 Å². The van der Waals surface area contributed by atoms with E-state index < -0.39 is 22.9 Å². The number of nitrogens with zero attached hydrogens (tertiary/aromatic N) is 1. The third-order valence-corrected chi connectivity index (χ3v) is 4.11. The maximum Gasteiger partial charge on any atom is 0.304 e. The van der Waals surface area contributed by atoms with Gasteiger partial charge in [-0.15, -0.1) is 0 Å². The van der Waals surface area contributed by atoms with Crippen LogP contribution in [-0.2, 0) is 11.2 Å². The highest BCUT2D eigenvalue weighted by Crippen LogP contribution is 2.29. The van der Waals surface area contributed by atoms with E-state index in [2.05, 4.69) is 0 Å². The first-order chi connectivity index (χ1) is 11.0. The van der Waals surface area contributed by atoms with Crippen molar-refractivity contribution in [2.24, 2.45) is 0 Å². The van der Waals surface area contributed by atoms with E-state index in [0.717, 1.165) is 0 Å². The lowest BCUT2D eigenvalue weighted by atomic mass is 9.85. The lowest BCUT2D eigenvalue weighted by Gasteiger charge is -2.20. The summed E-state index contributed by atoms with van der Waals surface area (Å²) in [6.07, 6.45) is -0.223. The van der Waals surface area contributed by atoms with E-state index in [1.165, 1.54) is 0 Å². The smallest absolute Gasteiger partial charge is 0.304 e. The molecule has 2 aromatic rings. The number of carboxylic acids is 1. The third-order valence-electron chi connectivity index (χ3n) is 3.74. The average Bonchev–Trinajstić information content (AvgIpc) is 2.52. The van der Waals surface area contributed by atoms with E-state index >= 15 is 0 Å². The van der Waals surface area contributed by atoms with Gasteiger partial charge in [-0.25, -0.2) is 0 Å². The normalized spacial score (nSPS) is 13.3. The van der Waals surface area contributed by atoms with Crippen LogP contribution < -0.4 is 0 Å². The second kappa shape index (κ2) is 7.74. The molecule has 0 saturated carbocycles. The first-order valence-corrected chi connectivity index (χ1v) is 7.50. The summed E-state index contributed by atoms with van der Waals surface area (Å²) in [6.45, 7) is 0. The van der Waals surface area contributed by atoms with Gasteiger partial charge in [-0.1, -0.05) is 60.1 Å². The van der Waals surface area contributed by atoms with Crippen LogP contribution in [0, 0.1) is 10.1 Å². The molecule has 2 rings (SSSR count). The molecule has 5 nitrogen and oxygen atoms in total. The summed E-state index contributed by atoms with van der Waals surface area (Å²) in [5, 5.41) is 21.2. The van der Waals surface area contributed by atoms with Crippen LogP contribution in [0.5, 0.6) is 0 Å². The van der Waals surface area contributed by atoms with Crippen LogP contribution in [0.25, 0.3) is 0 Å². The van der Waals surface area contributed by atoms with E-state index in [0.29, 0.717) is 16.1 Å². The Bertz CT molecular complexity index is 690. The molecular formula is C17H16ClNO4. The number of hydrogen-bond donors (Lipinski definition) is 1. The molecule has 0 aliphatic carbocycles. The Hall–Kier alpha value is -2.40. The first kappa shape index (κ1) is 17.0. The van der Waals surface area contributed by atoms with Crippen LogP contribution in [-0.4, -0.2) is 22.0 Å². The number of benzene rings is 2. The Balaban J connectivity index is 2.37. The Morgan fingerprint density at radius 2 is 1.74 bits per heavy atom. The fourth-order valence-corrected chi connectivity index (χ4v) is 2.83. The van der Waals surface area contributed by atoms with Gasteiger partial charge in [0.1, 0.15) is 0 Å². The molecule has 0 fully saturated rings. The zero-order chi connectivity index (χ0) is 16.8. The van der Waals surface area contributed by atoms with Gasteiger partial charge >= 0.3 is 5.97 Å². The molecular weight excluding hydrogens is 318 g/mol. The van der Waals surface area contributed by atoms with Crippen molar-refractivity contribution < 1.29 is 14.8 Å². The molecule has 0 heterocycles. The summed E-state index contributed by atoms with van der Waals surface area (Å²) < 4.78 is 0. The molecule has 2 atom stereocenters. The number of halogens is 1. The zero-order valence-corrected chi connectivity index (χ0v) is 13.0. The molecule has 23 heavy (non-hydrogen) atoms. The maximum atomic E-state index is 11.6. The molecule has 0 spiro atoms. The second-order valence-electron chi connectivity index (χ2n) is 5.26. The minimum absolute atomic E-state index is 0.0829. The standard InChI is InChI=1S/C17H16ClNO4/c18-15-9-5-4-8-13(15)10-16(19(22)23)14(11-17(20)21)12-6-2-1-3-7-12/h1-9,14,16H,10-11H2,(H,20,21). The lowest BCUT2D eigenvalue weighted by Crippen LogP contribution is -2.31. The van der Waals surface area contributed by atoms with Crippen molar-refractivity contribution in [2.45, 2.75) is 24.8 Å². The third kappa shape index (κ3) is 4.53. The largest absolute Gasteiger partial charge is 0.481 e.